The molecule has 1 aliphatic carbocycles. The van der Waals surface area contributed by atoms with E-state index in [0.717, 1.165) is 38.8 Å². The second-order valence-corrected chi connectivity index (χ2v) is 8.12. The van der Waals surface area contributed by atoms with Crippen molar-refractivity contribution < 1.29 is 9.90 Å². The van der Waals surface area contributed by atoms with Crippen molar-refractivity contribution in [1.29, 1.82) is 0 Å². The third-order valence-electron chi connectivity index (χ3n) is 5.31. The van der Waals surface area contributed by atoms with Crippen LogP contribution in [0.25, 0.3) is 28.5 Å². The number of aromatic hydroxyl groups is 1. The molecule has 4 nitrogen and oxygen atoms in total. The quantitative estimate of drug-likeness (QED) is 0.485. The van der Waals surface area contributed by atoms with Gasteiger partial charge in [0.2, 0.25) is 5.88 Å². The molecule has 0 spiro atoms. The van der Waals surface area contributed by atoms with Crippen LogP contribution in [-0.4, -0.2) is 15.5 Å². The van der Waals surface area contributed by atoms with Crippen molar-refractivity contribution in [3.63, 3.8) is 0 Å². The Kier molecular flexibility index (Phi) is 4.45. The monoisotopic (exact) mass is 411 g/mol. The summed E-state index contributed by atoms with van der Waals surface area (Å²) in [6.45, 7) is 0.260. The van der Waals surface area contributed by atoms with Crippen molar-refractivity contribution in [3.8, 4) is 5.88 Å². The van der Waals surface area contributed by atoms with Gasteiger partial charge in [-0.2, -0.15) is 0 Å². The molecule has 5 rings (SSSR count). The van der Waals surface area contributed by atoms with Crippen LogP contribution in [0.3, 0.4) is 0 Å². The molecule has 0 aliphatic heterocycles. The molecule has 0 fully saturated rings. The largest absolute Gasteiger partial charge is 0.493 e. The van der Waals surface area contributed by atoms with Gasteiger partial charge in [0.25, 0.3) is 0 Å². The molecule has 3 aromatic carbocycles. The molecule has 0 amide bonds. The highest BCUT2D eigenvalue weighted by molar-refractivity contribution is 7.10. The number of fused-ring (bicyclic) bond motifs is 2. The van der Waals surface area contributed by atoms with E-state index < -0.39 is 0 Å². The number of aromatic nitrogens is 1. The molecule has 4 aromatic rings. The number of ketones is 1. The van der Waals surface area contributed by atoms with E-state index in [1.165, 1.54) is 10.6 Å². The fourth-order valence-electron chi connectivity index (χ4n) is 3.80. The highest BCUT2D eigenvalue weighted by atomic mass is 32.1. The fraction of sp³-hybridized carbons (Fsp3) is 0.0400. The first-order valence-corrected chi connectivity index (χ1v) is 10.4. The van der Waals surface area contributed by atoms with Crippen molar-refractivity contribution in [2.75, 3.05) is 0 Å². The highest BCUT2D eigenvalue weighted by Crippen LogP contribution is 2.32. The lowest BCUT2D eigenvalue weighted by Crippen LogP contribution is -2.13. The molecule has 1 N–H and O–H groups in total. The van der Waals surface area contributed by atoms with Gasteiger partial charge in [-0.3, -0.25) is 14.2 Å². The second kappa shape index (κ2) is 7.28. The highest BCUT2D eigenvalue weighted by Gasteiger charge is 2.20. The van der Waals surface area contributed by atoms with Crippen LogP contribution in [0.1, 0.15) is 21.6 Å². The van der Waals surface area contributed by atoms with Gasteiger partial charge in [0.1, 0.15) is 0 Å². The number of carbonyl (C=O) groups is 1. The Morgan fingerprint density at radius 3 is 2.57 bits per heavy atom. The van der Waals surface area contributed by atoms with E-state index in [1.807, 2.05) is 66.7 Å². The maximum absolute atomic E-state index is 12.7. The smallest absolute Gasteiger partial charge is 0.310 e. The number of carbonyl (C=O) groups excluding carboxylic acids is 1. The Morgan fingerprint density at radius 1 is 0.900 bits per heavy atom. The van der Waals surface area contributed by atoms with Gasteiger partial charge in [0.15, 0.2) is 5.78 Å². The minimum Gasteiger partial charge on any atom is -0.493 e. The number of nitrogens with zero attached hydrogens (tertiary/aromatic N) is 1. The standard InChI is InChI=1S/C25H17NO3S/c27-22-13-12-17-7-2-4-11-20(17)21(22)14-23-24(28)26(25(29)30-23)15-18-9-5-8-16-6-1-3-10-19(16)18/h1-14,28H,15H2/b21-14-. The fourth-order valence-corrected chi connectivity index (χ4v) is 4.63. The minimum absolute atomic E-state index is 0.120. The molecular weight excluding hydrogens is 394 g/mol. The maximum atomic E-state index is 12.7. The van der Waals surface area contributed by atoms with Crippen LogP contribution in [-0.2, 0) is 11.3 Å². The number of allylic oxidation sites excluding steroid dienone is 2. The molecule has 1 aliphatic rings. The summed E-state index contributed by atoms with van der Waals surface area (Å²) in [5.74, 6) is -0.264. The Labute approximate surface area is 176 Å². The number of benzene rings is 3. The SMILES string of the molecule is O=C1C=Cc2ccccc2/C1=C/c1sc(=O)n(Cc2cccc3ccccc23)c1O. The normalized spacial score (nSPS) is 14.4. The summed E-state index contributed by atoms with van der Waals surface area (Å²) in [6, 6.07) is 21.4. The zero-order chi connectivity index (χ0) is 20.7. The van der Waals surface area contributed by atoms with E-state index in [1.54, 1.807) is 12.2 Å². The lowest BCUT2D eigenvalue weighted by molar-refractivity contribution is -0.109. The number of hydrogen-bond acceptors (Lipinski definition) is 4. The maximum Gasteiger partial charge on any atom is 0.310 e. The zero-order valence-corrected chi connectivity index (χ0v) is 16.7. The van der Waals surface area contributed by atoms with Crippen molar-refractivity contribution in [2.24, 2.45) is 0 Å². The van der Waals surface area contributed by atoms with E-state index in [9.17, 15) is 14.7 Å². The average molecular weight is 411 g/mol. The van der Waals surface area contributed by atoms with Gasteiger partial charge < -0.3 is 5.11 Å². The Hall–Kier alpha value is -3.70. The lowest BCUT2D eigenvalue weighted by atomic mass is 9.91. The average Bonchev–Trinajstić information content (AvgIpc) is 3.03. The first kappa shape index (κ1) is 18.3. The minimum atomic E-state index is -0.264. The predicted octanol–water partition coefficient (Wildman–Crippen LogP) is 4.95. The Balaban J connectivity index is 1.58. The zero-order valence-electron chi connectivity index (χ0n) is 15.9. The lowest BCUT2D eigenvalue weighted by Gasteiger charge is -2.12. The summed E-state index contributed by atoms with van der Waals surface area (Å²) in [7, 11) is 0. The molecule has 0 radical (unpaired) electrons. The van der Waals surface area contributed by atoms with Crippen LogP contribution < -0.4 is 4.87 Å². The second-order valence-electron chi connectivity index (χ2n) is 7.12. The molecule has 1 heterocycles. The Morgan fingerprint density at radius 2 is 1.67 bits per heavy atom. The van der Waals surface area contributed by atoms with Crippen LogP contribution >= 0.6 is 11.3 Å². The molecule has 0 saturated heterocycles. The third kappa shape index (κ3) is 3.09. The third-order valence-corrected chi connectivity index (χ3v) is 6.22. The van der Waals surface area contributed by atoms with Gasteiger partial charge in [0.05, 0.1) is 11.4 Å². The van der Waals surface area contributed by atoms with Crippen LogP contribution in [0.5, 0.6) is 5.88 Å². The summed E-state index contributed by atoms with van der Waals surface area (Å²) in [4.78, 5) is 25.3. The first-order valence-electron chi connectivity index (χ1n) is 9.54. The number of thiazole rings is 1. The summed E-state index contributed by atoms with van der Waals surface area (Å²) in [6.07, 6.45) is 4.91. The van der Waals surface area contributed by atoms with Crippen molar-refractivity contribution in [3.05, 3.63) is 104 Å². The van der Waals surface area contributed by atoms with Gasteiger partial charge in [0, 0.05) is 5.57 Å². The summed E-state index contributed by atoms with van der Waals surface area (Å²) >= 11 is 0.941. The molecule has 146 valence electrons. The first-order chi connectivity index (χ1) is 14.6. The van der Waals surface area contributed by atoms with E-state index in [0.29, 0.717) is 10.5 Å². The molecule has 0 saturated carbocycles. The van der Waals surface area contributed by atoms with Gasteiger partial charge in [-0.1, -0.05) is 84.1 Å². The van der Waals surface area contributed by atoms with Crippen molar-refractivity contribution in [2.45, 2.75) is 6.54 Å². The van der Waals surface area contributed by atoms with E-state index in [4.69, 9.17) is 0 Å². The molecule has 30 heavy (non-hydrogen) atoms. The van der Waals surface area contributed by atoms with Gasteiger partial charge >= 0.3 is 4.87 Å². The predicted molar refractivity (Wildman–Crippen MR) is 122 cm³/mol. The van der Waals surface area contributed by atoms with Crippen LogP contribution in [0.4, 0.5) is 0 Å². The van der Waals surface area contributed by atoms with Crippen LogP contribution in [0, 0.1) is 0 Å². The van der Waals surface area contributed by atoms with Crippen molar-refractivity contribution >= 4 is 45.6 Å². The van der Waals surface area contributed by atoms with Gasteiger partial charge in [-0.15, -0.1) is 0 Å². The summed E-state index contributed by atoms with van der Waals surface area (Å²) in [5.41, 5.74) is 3.16. The molecule has 5 heteroatoms. The number of hydrogen-bond donors (Lipinski definition) is 1. The van der Waals surface area contributed by atoms with Gasteiger partial charge in [-0.05, 0) is 39.6 Å². The van der Waals surface area contributed by atoms with Crippen molar-refractivity contribution in [1.82, 2.24) is 4.57 Å². The van der Waals surface area contributed by atoms with Gasteiger partial charge in [-0.25, -0.2) is 0 Å². The molecule has 1 aromatic heterocycles. The number of rotatable bonds is 3. The topological polar surface area (TPSA) is 59.3 Å². The molecule has 0 unspecified atom stereocenters. The Bertz CT molecular complexity index is 1420. The van der Waals surface area contributed by atoms with E-state index in [-0.39, 0.29) is 23.1 Å². The van der Waals surface area contributed by atoms with Crippen LogP contribution in [0.2, 0.25) is 0 Å². The molecule has 0 bridgehead atoms. The molecule has 0 atom stereocenters. The van der Waals surface area contributed by atoms with Crippen LogP contribution in [0.15, 0.2) is 77.6 Å². The molecular formula is C25H17NO3S. The summed E-state index contributed by atoms with van der Waals surface area (Å²) in [5, 5.41) is 12.9. The summed E-state index contributed by atoms with van der Waals surface area (Å²) < 4.78 is 1.36. The van der Waals surface area contributed by atoms with E-state index >= 15 is 0 Å². The van der Waals surface area contributed by atoms with E-state index in [2.05, 4.69) is 0 Å².